The first-order chi connectivity index (χ1) is 8.19. The van der Waals surface area contributed by atoms with Gasteiger partial charge in [0, 0.05) is 0 Å². The monoisotopic (exact) mass is 234 g/mol. The van der Waals surface area contributed by atoms with Crippen LogP contribution in [0, 0.1) is 11.3 Å². The van der Waals surface area contributed by atoms with Gasteiger partial charge in [-0.25, -0.2) is 4.79 Å². The van der Waals surface area contributed by atoms with Crippen LogP contribution in [0.2, 0.25) is 0 Å². The van der Waals surface area contributed by atoms with Gasteiger partial charge < -0.3 is 9.15 Å². The fourth-order valence-corrected chi connectivity index (χ4v) is 1.20. The molecule has 5 heteroatoms. The zero-order valence-electron chi connectivity index (χ0n) is 9.60. The quantitative estimate of drug-likeness (QED) is 0.594. The SMILES string of the molecule is C=C(C(=O)OCC)C(C#N)NCc1ccco1. The Morgan fingerprint density at radius 1 is 1.76 bits per heavy atom. The van der Waals surface area contributed by atoms with E-state index in [0.717, 1.165) is 0 Å². The van der Waals surface area contributed by atoms with Crippen molar-refractivity contribution in [2.45, 2.75) is 19.5 Å². The van der Waals surface area contributed by atoms with Crippen molar-refractivity contribution in [3.05, 3.63) is 36.3 Å². The number of hydrogen-bond donors (Lipinski definition) is 1. The van der Waals surface area contributed by atoms with Gasteiger partial charge in [0.05, 0.1) is 31.1 Å². The number of nitriles is 1. The smallest absolute Gasteiger partial charge is 0.336 e. The molecule has 0 amide bonds. The molecule has 1 aromatic heterocycles. The van der Waals surface area contributed by atoms with Gasteiger partial charge in [0.1, 0.15) is 11.8 Å². The highest BCUT2D eigenvalue weighted by atomic mass is 16.5. The molecule has 0 aliphatic carbocycles. The molecular formula is C12H14N2O3. The Morgan fingerprint density at radius 3 is 3.06 bits per heavy atom. The summed E-state index contributed by atoms with van der Waals surface area (Å²) in [7, 11) is 0. The molecule has 1 heterocycles. The zero-order valence-corrected chi connectivity index (χ0v) is 9.60. The lowest BCUT2D eigenvalue weighted by molar-refractivity contribution is -0.138. The number of rotatable bonds is 6. The Hall–Kier alpha value is -2.06. The molecule has 0 aliphatic heterocycles. The van der Waals surface area contributed by atoms with Crippen LogP contribution < -0.4 is 5.32 Å². The Kier molecular flexibility index (Phi) is 4.98. The summed E-state index contributed by atoms with van der Waals surface area (Å²) in [5.74, 6) is 0.118. The molecule has 90 valence electrons. The van der Waals surface area contributed by atoms with E-state index in [9.17, 15) is 4.79 Å². The maximum absolute atomic E-state index is 11.4. The van der Waals surface area contributed by atoms with Gasteiger partial charge in [0.25, 0.3) is 0 Å². The van der Waals surface area contributed by atoms with Crippen LogP contribution in [0.25, 0.3) is 0 Å². The number of nitrogens with one attached hydrogen (secondary N) is 1. The van der Waals surface area contributed by atoms with Crippen molar-refractivity contribution in [1.82, 2.24) is 5.32 Å². The molecule has 17 heavy (non-hydrogen) atoms. The van der Waals surface area contributed by atoms with E-state index >= 15 is 0 Å². The molecule has 0 aliphatic rings. The first-order valence-corrected chi connectivity index (χ1v) is 5.20. The van der Waals surface area contributed by atoms with Gasteiger partial charge in [0.2, 0.25) is 0 Å². The molecule has 1 rings (SSSR count). The van der Waals surface area contributed by atoms with E-state index in [4.69, 9.17) is 14.4 Å². The van der Waals surface area contributed by atoms with E-state index in [1.807, 2.05) is 6.07 Å². The minimum atomic E-state index is -0.779. The van der Waals surface area contributed by atoms with E-state index in [1.54, 1.807) is 25.3 Å². The average molecular weight is 234 g/mol. The number of furan rings is 1. The topological polar surface area (TPSA) is 75.3 Å². The van der Waals surface area contributed by atoms with Crippen molar-refractivity contribution in [3.63, 3.8) is 0 Å². The van der Waals surface area contributed by atoms with Crippen LogP contribution in [-0.4, -0.2) is 18.6 Å². The number of ether oxygens (including phenoxy) is 1. The third-order valence-electron chi connectivity index (χ3n) is 2.08. The molecule has 0 radical (unpaired) electrons. The summed E-state index contributed by atoms with van der Waals surface area (Å²) < 4.78 is 9.87. The lowest BCUT2D eigenvalue weighted by Gasteiger charge is -2.12. The summed E-state index contributed by atoms with van der Waals surface area (Å²) in [6.45, 7) is 5.86. The standard InChI is InChI=1S/C12H14N2O3/c1-3-16-12(15)9(2)11(7-13)14-8-10-5-4-6-17-10/h4-6,11,14H,2-3,8H2,1H3. The van der Waals surface area contributed by atoms with Gasteiger partial charge in [-0.3, -0.25) is 5.32 Å². The van der Waals surface area contributed by atoms with E-state index in [0.29, 0.717) is 12.3 Å². The molecular weight excluding hydrogens is 220 g/mol. The Bertz CT molecular complexity index is 417. The van der Waals surface area contributed by atoms with Gasteiger partial charge >= 0.3 is 5.97 Å². The van der Waals surface area contributed by atoms with Gasteiger partial charge in [-0.05, 0) is 19.1 Å². The average Bonchev–Trinajstić information content (AvgIpc) is 2.83. The summed E-state index contributed by atoms with van der Waals surface area (Å²) in [5.41, 5.74) is 0.0981. The van der Waals surface area contributed by atoms with Crippen LogP contribution in [0.3, 0.4) is 0 Å². The molecule has 0 bridgehead atoms. The predicted molar refractivity (Wildman–Crippen MR) is 60.7 cm³/mol. The largest absolute Gasteiger partial charge is 0.468 e. The van der Waals surface area contributed by atoms with E-state index in [-0.39, 0.29) is 12.2 Å². The summed E-state index contributed by atoms with van der Waals surface area (Å²) in [5, 5.41) is 11.8. The molecule has 1 N–H and O–H groups in total. The second kappa shape index (κ2) is 6.51. The van der Waals surface area contributed by atoms with Crippen LogP contribution in [0.5, 0.6) is 0 Å². The first kappa shape index (κ1) is 13.0. The Balaban J connectivity index is 2.51. The van der Waals surface area contributed by atoms with Crippen LogP contribution in [0.4, 0.5) is 0 Å². The van der Waals surface area contributed by atoms with Gasteiger partial charge in [-0.15, -0.1) is 0 Å². The van der Waals surface area contributed by atoms with Crippen LogP contribution in [0.15, 0.2) is 35.0 Å². The molecule has 0 saturated heterocycles. The third kappa shape index (κ3) is 3.78. The van der Waals surface area contributed by atoms with Crippen LogP contribution in [-0.2, 0) is 16.1 Å². The van der Waals surface area contributed by atoms with Gasteiger partial charge in [-0.1, -0.05) is 6.58 Å². The zero-order chi connectivity index (χ0) is 12.7. The van der Waals surface area contributed by atoms with E-state index in [2.05, 4.69) is 11.9 Å². The summed E-state index contributed by atoms with van der Waals surface area (Å²) >= 11 is 0. The Morgan fingerprint density at radius 2 is 2.53 bits per heavy atom. The van der Waals surface area contributed by atoms with E-state index in [1.165, 1.54) is 0 Å². The van der Waals surface area contributed by atoms with Crippen molar-refractivity contribution < 1.29 is 13.9 Å². The molecule has 0 saturated carbocycles. The number of nitrogens with zero attached hydrogens (tertiary/aromatic N) is 1. The minimum absolute atomic E-state index is 0.0981. The number of esters is 1. The maximum Gasteiger partial charge on any atom is 0.336 e. The molecule has 0 aromatic carbocycles. The molecule has 0 spiro atoms. The first-order valence-electron chi connectivity index (χ1n) is 5.20. The van der Waals surface area contributed by atoms with Crippen LogP contribution in [0.1, 0.15) is 12.7 Å². The third-order valence-corrected chi connectivity index (χ3v) is 2.08. The molecule has 5 nitrogen and oxygen atoms in total. The second-order valence-corrected chi connectivity index (χ2v) is 3.27. The highest BCUT2D eigenvalue weighted by Crippen LogP contribution is 2.05. The minimum Gasteiger partial charge on any atom is -0.468 e. The van der Waals surface area contributed by atoms with E-state index < -0.39 is 12.0 Å². The summed E-state index contributed by atoms with van der Waals surface area (Å²) in [6, 6.07) is 4.69. The van der Waals surface area contributed by atoms with Crippen molar-refractivity contribution in [1.29, 1.82) is 5.26 Å². The lowest BCUT2D eigenvalue weighted by atomic mass is 10.1. The molecule has 0 fully saturated rings. The normalized spacial score (nSPS) is 11.5. The number of carbonyl (C=O) groups excluding carboxylic acids is 1. The predicted octanol–water partition coefficient (Wildman–Crippen LogP) is 1.38. The molecule has 1 atom stereocenters. The summed E-state index contributed by atoms with van der Waals surface area (Å²) in [4.78, 5) is 11.4. The number of carbonyl (C=O) groups is 1. The summed E-state index contributed by atoms with van der Waals surface area (Å²) in [6.07, 6.45) is 1.54. The maximum atomic E-state index is 11.4. The number of hydrogen-bond acceptors (Lipinski definition) is 5. The Labute approximate surface area is 99.7 Å². The fraction of sp³-hybridized carbons (Fsp3) is 0.333. The van der Waals surface area contributed by atoms with Crippen LogP contribution >= 0.6 is 0 Å². The molecule has 1 unspecified atom stereocenters. The fourth-order valence-electron chi connectivity index (χ4n) is 1.20. The van der Waals surface area contributed by atoms with Crippen molar-refractivity contribution in [2.24, 2.45) is 0 Å². The van der Waals surface area contributed by atoms with Gasteiger partial charge in [-0.2, -0.15) is 5.26 Å². The lowest BCUT2D eigenvalue weighted by Crippen LogP contribution is -2.32. The highest BCUT2D eigenvalue weighted by molar-refractivity contribution is 5.89. The molecule has 1 aromatic rings. The van der Waals surface area contributed by atoms with Gasteiger partial charge in [0.15, 0.2) is 0 Å². The highest BCUT2D eigenvalue weighted by Gasteiger charge is 2.19. The van der Waals surface area contributed by atoms with Crippen molar-refractivity contribution in [3.8, 4) is 6.07 Å². The van der Waals surface area contributed by atoms with Crippen molar-refractivity contribution >= 4 is 5.97 Å². The second-order valence-electron chi connectivity index (χ2n) is 3.27. The van der Waals surface area contributed by atoms with Crippen molar-refractivity contribution in [2.75, 3.05) is 6.61 Å².